The minimum atomic E-state index is -0.435. The van der Waals surface area contributed by atoms with Gasteiger partial charge in [0.05, 0.1) is 18.1 Å². The van der Waals surface area contributed by atoms with E-state index in [2.05, 4.69) is 10.2 Å². The lowest BCUT2D eigenvalue weighted by molar-refractivity contribution is -0.384. The number of rotatable bonds is 4. The number of anilines is 1. The van der Waals surface area contributed by atoms with Crippen molar-refractivity contribution in [1.29, 1.82) is 0 Å². The van der Waals surface area contributed by atoms with E-state index in [9.17, 15) is 14.9 Å². The zero-order valence-electron chi connectivity index (χ0n) is 13.6. The van der Waals surface area contributed by atoms with Crippen LogP contribution in [0.2, 0.25) is 0 Å². The number of carbonyl (C=O) groups excluding carboxylic acids is 1. The molecule has 24 heavy (non-hydrogen) atoms. The summed E-state index contributed by atoms with van der Waals surface area (Å²) < 4.78 is 5.53. The fourth-order valence-corrected chi connectivity index (χ4v) is 4.60. The smallest absolute Gasteiger partial charge is 0.269 e. The fraction of sp³-hybridized carbons (Fsp3) is 0.562. The number of non-ortho nitro benzene ring substituents is 1. The summed E-state index contributed by atoms with van der Waals surface area (Å²) in [6, 6.07) is 4.87. The standard InChI is InChI=1S/C16H21N3O4S/c1-11-8-12(19(21)22)2-3-13(11)17-16(20)9-18-5-7-24-15-10-23-6-4-14(15)18/h2-3,8,14-15H,4-7,9-10H2,1H3,(H,17,20). The molecule has 2 fully saturated rings. The first-order chi connectivity index (χ1) is 11.5. The predicted octanol–water partition coefficient (Wildman–Crippen LogP) is 2.05. The molecule has 3 rings (SSSR count). The molecule has 2 heterocycles. The first-order valence-corrected chi connectivity index (χ1v) is 9.08. The second kappa shape index (κ2) is 7.50. The van der Waals surface area contributed by atoms with E-state index in [1.54, 1.807) is 13.0 Å². The summed E-state index contributed by atoms with van der Waals surface area (Å²) in [5.41, 5.74) is 1.35. The van der Waals surface area contributed by atoms with Crippen LogP contribution in [0, 0.1) is 17.0 Å². The average Bonchev–Trinajstić information content (AvgIpc) is 2.57. The van der Waals surface area contributed by atoms with Crippen LogP contribution < -0.4 is 5.32 Å². The van der Waals surface area contributed by atoms with Crippen molar-refractivity contribution in [2.24, 2.45) is 0 Å². The van der Waals surface area contributed by atoms with E-state index >= 15 is 0 Å². The third-order valence-electron chi connectivity index (χ3n) is 4.49. The Balaban J connectivity index is 1.62. The second-order valence-corrected chi connectivity index (χ2v) is 7.46. The molecule has 2 saturated heterocycles. The highest BCUT2D eigenvalue weighted by Gasteiger charge is 2.35. The highest BCUT2D eigenvalue weighted by molar-refractivity contribution is 8.00. The molecule has 1 N–H and O–H groups in total. The summed E-state index contributed by atoms with van der Waals surface area (Å²) >= 11 is 1.93. The van der Waals surface area contributed by atoms with Crippen LogP contribution >= 0.6 is 11.8 Å². The number of ether oxygens (including phenoxy) is 1. The molecule has 0 saturated carbocycles. The maximum Gasteiger partial charge on any atom is 0.269 e. The molecule has 0 radical (unpaired) electrons. The summed E-state index contributed by atoms with van der Waals surface area (Å²) in [5.74, 6) is 0.929. The van der Waals surface area contributed by atoms with Gasteiger partial charge in [-0.1, -0.05) is 0 Å². The Kier molecular flexibility index (Phi) is 5.37. The quantitative estimate of drug-likeness (QED) is 0.660. The molecule has 2 atom stereocenters. The van der Waals surface area contributed by atoms with Crippen molar-refractivity contribution in [3.05, 3.63) is 33.9 Å². The predicted molar refractivity (Wildman–Crippen MR) is 93.5 cm³/mol. The normalized spacial score (nSPS) is 24.2. The summed E-state index contributed by atoms with van der Waals surface area (Å²) in [7, 11) is 0. The van der Waals surface area contributed by atoms with E-state index in [0.29, 0.717) is 29.1 Å². The molecule has 8 heteroatoms. The Labute approximate surface area is 144 Å². The van der Waals surface area contributed by atoms with E-state index in [-0.39, 0.29) is 11.6 Å². The fourth-order valence-electron chi connectivity index (χ4n) is 3.24. The van der Waals surface area contributed by atoms with E-state index in [0.717, 1.165) is 31.9 Å². The molecule has 1 amide bonds. The topological polar surface area (TPSA) is 84.7 Å². The van der Waals surface area contributed by atoms with Crippen LogP contribution in [0.15, 0.2) is 18.2 Å². The zero-order chi connectivity index (χ0) is 17.1. The van der Waals surface area contributed by atoms with Gasteiger partial charge in [0.15, 0.2) is 0 Å². The number of amides is 1. The highest BCUT2D eigenvalue weighted by Crippen LogP contribution is 2.30. The van der Waals surface area contributed by atoms with Gasteiger partial charge in [0, 0.05) is 48.0 Å². The number of thioether (sulfide) groups is 1. The van der Waals surface area contributed by atoms with Gasteiger partial charge in [-0.2, -0.15) is 11.8 Å². The van der Waals surface area contributed by atoms with Gasteiger partial charge in [-0.05, 0) is 25.0 Å². The maximum absolute atomic E-state index is 12.4. The van der Waals surface area contributed by atoms with Gasteiger partial charge in [-0.3, -0.25) is 19.8 Å². The Bertz CT molecular complexity index is 638. The minimum absolute atomic E-state index is 0.0311. The largest absolute Gasteiger partial charge is 0.380 e. The highest BCUT2D eigenvalue weighted by atomic mass is 32.2. The molecule has 2 aliphatic rings. The monoisotopic (exact) mass is 351 g/mol. The summed E-state index contributed by atoms with van der Waals surface area (Å²) in [6.07, 6.45) is 0.960. The van der Waals surface area contributed by atoms with E-state index in [1.807, 2.05) is 11.8 Å². The van der Waals surface area contributed by atoms with Crippen molar-refractivity contribution in [3.8, 4) is 0 Å². The average molecular weight is 351 g/mol. The van der Waals surface area contributed by atoms with Crippen LogP contribution in [0.3, 0.4) is 0 Å². The summed E-state index contributed by atoms with van der Waals surface area (Å²) in [5, 5.41) is 14.1. The van der Waals surface area contributed by atoms with Crippen LogP contribution in [-0.2, 0) is 9.53 Å². The van der Waals surface area contributed by atoms with Crippen molar-refractivity contribution in [1.82, 2.24) is 4.90 Å². The number of nitrogens with one attached hydrogen (secondary N) is 1. The molecule has 2 unspecified atom stereocenters. The van der Waals surface area contributed by atoms with Gasteiger partial charge in [0.1, 0.15) is 0 Å². The van der Waals surface area contributed by atoms with Gasteiger partial charge in [-0.15, -0.1) is 0 Å². The van der Waals surface area contributed by atoms with Crippen LogP contribution in [0.4, 0.5) is 11.4 Å². The van der Waals surface area contributed by atoms with Gasteiger partial charge < -0.3 is 10.1 Å². The van der Waals surface area contributed by atoms with Crippen molar-refractivity contribution in [3.63, 3.8) is 0 Å². The summed E-state index contributed by atoms with van der Waals surface area (Å²) in [4.78, 5) is 25.0. The lowest BCUT2D eigenvalue weighted by atomic mass is 10.1. The number of nitrogens with zero attached hydrogens (tertiary/aromatic N) is 2. The Hall–Kier alpha value is -1.64. The molecule has 1 aromatic rings. The zero-order valence-corrected chi connectivity index (χ0v) is 14.4. The number of nitro groups is 1. The van der Waals surface area contributed by atoms with E-state index in [4.69, 9.17) is 4.74 Å². The van der Waals surface area contributed by atoms with E-state index in [1.165, 1.54) is 12.1 Å². The summed E-state index contributed by atoms with van der Waals surface area (Å²) in [6.45, 7) is 4.52. The van der Waals surface area contributed by atoms with Gasteiger partial charge in [0.25, 0.3) is 5.69 Å². The number of hydrogen-bond donors (Lipinski definition) is 1. The van der Waals surface area contributed by atoms with Crippen molar-refractivity contribution < 1.29 is 14.5 Å². The third-order valence-corrected chi connectivity index (χ3v) is 5.79. The molecule has 2 aliphatic heterocycles. The van der Waals surface area contributed by atoms with Crippen molar-refractivity contribution >= 4 is 29.0 Å². The number of benzene rings is 1. The van der Waals surface area contributed by atoms with Crippen molar-refractivity contribution in [2.75, 3.05) is 37.4 Å². The molecular weight excluding hydrogens is 330 g/mol. The number of hydrogen-bond acceptors (Lipinski definition) is 6. The molecular formula is C16H21N3O4S. The molecule has 7 nitrogen and oxygen atoms in total. The van der Waals surface area contributed by atoms with Crippen LogP contribution in [0.5, 0.6) is 0 Å². The number of nitro benzene ring substituents is 1. The second-order valence-electron chi connectivity index (χ2n) is 6.12. The van der Waals surface area contributed by atoms with Crippen LogP contribution in [0.1, 0.15) is 12.0 Å². The van der Waals surface area contributed by atoms with Gasteiger partial charge in [0.2, 0.25) is 5.91 Å². The molecule has 0 bridgehead atoms. The Morgan fingerprint density at radius 2 is 2.38 bits per heavy atom. The van der Waals surface area contributed by atoms with Crippen LogP contribution in [-0.4, -0.2) is 59.1 Å². The Morgan fingerprint density at radius 3 is 3.12 bits per heavy atom. The van der Waals surface area contributed by atoms with Crippen LogP contribution in [0.25, 0.3) is 0 Å². The number of fused-ring (bicyclic) bond motifs is 1. The molecule has 130 valence electrons. The SMILES string of the molecule is Cc1cc([N+](=O)[O-])ccc1NC(=O)CN1CCSC2COCCC21. The first kappa shape index (κ1) is 17.2. The Morgan fingerprint density at radius 1 is 1.54 bits per heavy atom. The third kappa shape index (κ3) is 3.88. The minimum Gasteiger partial charge on any atom is -0.380 e. The molecule has 0 aliphatic carbocycles. The molecule has 0 aromatic heterocycles. The lowest BCUT2D eigenvalue weighted by Gasteiger charge is -2.43. The lowest BCUT2D eigenvalue weighted by Crippen LogP contribution is -2.53. The number of carbonyl (C=O) groups is 1. The maximum atomic E-state index is 12.4. The first-order valence-electron chi connectivity index (χ1n) is 8.03. The van der Waals surface area contributed by atoms with Gasteiger partial charge >= 0.3 is 0 Å². The molecule has 1 aromatic carbocycles. The van der Waals surface area contributed by atoms with E-state index < -0.39 is 4.92 Å². The molecule has 0 spiro atoms. The number of aryl methyl sites for hydroxylation is 1. The van der Waals surface area contributed by atoms with Crippen molar-refractivity contribution in [2.45, 2.75) is 24.6 Å². The van der Waals surface area contributed by atoms with Gasteiger partial charge in [-0.25, -0.2) is 0 Å².